The average molecular weight is 277 g/mol. The second kappa shape index (κ2) is 4.52. The van der Waals surface area contributed by atoms with E-state index in [2.05, 4.69) is 9.97 Å². The molecular formula is C17H15N3O. The van der Waals surface area contributed by atoms with Crippen molar-refractivity contribution in [2.45, 2.75) is 25.8 Å². The fourth-order valence-corrected chi connectivity index (χ4v) is 2.61. The summed E-state index contributed by atoms with van der Waals surface area (Å²) >= 11 is 0. The quantitative estimate of drug-likeness (QED) is 0.723. The summed E-state index contributed by atoms with van der Waals surface area (Å²) in [6.07, 6.45) is 3.81. The molecule has 21 heavy (non-hydrogen) atoms. The topological polar surface area (TPSA) is 47.8 Å². The van der Waals surface area contributed by atoms with Crippen molar-refractivity contribution in [1.82, 2.24) is 14.5 Å². The Kier molecular flexibility index (Phi) is 2.64. The lowest BCUT2D eigenvalue weighted by molar-refractivity contribution is 0.726. The van der Waals surface area contributed by atoms with Crippen LogP contribution in [-0.2, 0) is 0 Å². The first-order chi connectivity index (χ1) is 10.2. The van der Waals surface area contributed by atoms with Crippen LogP contribution in [-0.4, -0.2) is 14.5 Å². The summed E-state index contributed by atoms with van der Waals surface area (Å²) in [5, 5.41) is 0. The highest BCUT2D eigenvalue weighted by Gasteiger charge is 2.28. The number of hydrogen-bond acceptors (Lipinski definition) is 3. The van der Waals surface area contributed by atoms with E-state index in [9.17, 15) is 4.79 Å². The molecule has 1 aromatic carbocycles. The van der Waals surface area contributed by atoms with Crippen molar-refractivity contribution < 1.29 is 0 Å². The Morgan fingerprint density at radius 3 is 2.62 bits per heavy atom. The smallest absolute Gasteiger partial charge is 0.278 e. The van der Waals surface area contributed by atoms with E-state index in [1.165, 1.54) is 5.56 Å². The van der Waals surface area contributed by atoms with Crippen molar-refractivity contribution in [1.29, 1.82) is 0 Å². The van der Waals surface area contributed by atoms with E-state index in [0.29, 0.717) is 11.3 Å². The predicted molar refractivity (Wildman–Crippen MR) is 82.2 cm³/mol. The van der Waals surface area contributed by atoms with Crippen LogP contribution >= 0.6 is 0 Å². The third-order valence-electron chi connectivity index (χ3n) is 3.88. The molecule has 4 nitrogen and oxygen atoms in total. The van der Waals surface area contributed by atoms with E-state index in [1.807, 2.05) is 47.9 Å². The molecule has 0 amide bonds. The van der Waals surface area contributed by atoms with Crippen LogP contribution in [0.25, 0.3) is 22.4 Å². The third kappa shape index (κ3) is 2.03. The first-order valence-electron chi connectivity index (χ1n) is 7.18. The van der Waals surface area contributed by atoms with E-state index >= 15 is 0 Å². The number of nitrogens with zero attached hydrogens (tertiary/aromatic N) is 3. The van der Waals surface area contributed by atoms with Gasteiger partial charge in [0.25, 0.3) is 5.56 Å². The molecule has 1 fully saturated rings. The maximum atomic E-state index is 12.8. The van der Waals surface area contributed by atoms with Gasteiger partial charge < -0.3 is 0 Å². The van der Waals surface area contributed by atoms with Gasteiger partial charge in [-0.25, -0.2) is 9.97 Å². The molecule has 1 aliphatic carbocycles. The average Bonchev–Trinajstić information content (AvgIpc) is 3.32. The fraction of sp³-hybridized carbons (Fsp3) is 0.235. The van der Waals surface area contributed by atoms with Crippen molar-refractivity contribution >= 4 is 11.2 Å². The first kappa shape index (κ1) is 12.3. The van der Waals surface area contributed by atoms with Crippen LogP contribution in [0.4, 0.5) is 0 Å². The molecular weight excluding hydrogens is 262 g/mol. The highest BCUT2D eigenvalue weighted by molar-refractivity contribution is 5.74. The number of aromatic nitrogens is 3. The minimum absolute atomic E-state index is 0.0347. The Bertz CT molecular complexity index is 877. The molecule has 0 saturated heterocycles. The van der Waals surface area contributed by atoms with Crippen LogP contribution in [0.3, 0.4) is 0 Å². The Balaban J connectivity index is 2.03. The van der Waals surface area contributed by atoms with Crippen molar-refractivity contribution in [2.75, 3.05) is 0 Å². The summed E-state index contributed by atoms with van der Waals surface area (Å²) in [5.74, 6) is 0. The number of fused-ring (bicyclic) bond motifs is 1. The lowest BCUT2D eigenvalue weighted by Crippen LogP contribution is -2.23. The first-order valence-corrected chi connectivity index (χ1v) is 7.18. The molecule has 0 aliphatic heterocycles. The van der Waals surface area contributed by atoms with Crippen molar-refractivity contribution in [3.8, 4) is 11.3 Å². The molecule has 1 aliphatic rings. The molecule has 0 bridgehead atoms. The Morgan fingerprint density at radius 2 is 1.90 bits per heavy atom. The Labute approximate surface area is 122 Å². The second-order valence-corrected chi connectivity index (χ2v) is 5.58. The van der Waals surface area contributed by atoms with Gasteiger partial charge in [-0.05, 0) is 31.9 Å². The van der Waals surface area contributed by atoms with Crippen LogP contribution < -0.4 is 5.56 Å². The van der Waals surface area contributed by atoms with E-state index in [1.54, 1.807) is 6.20 Å². The summed E-state index contributed by atoms with van der Waals surface area (Å²) in [6.45, 7) is 2.03. The van der Waals surface area contributed by atoms with Gasteiger partial charge in [-0.15, -0.1) is 0 Å². The minimum Gasteiger partial charge on any atom is -0.286 e. The predicted octanol–water partition coefficient (Wildman–Crippen LogP) is 3.10. The molecule has 0 atom stereocenters. The van der Waals surface area contributed by atoms with Gasteiger partial charge in [0.05, 0.1) is 0 Å². The SMILES string of the molecule is Cc1ccc(-c2nc3cccnc3n(C3CC3)c2=O)cc1. The Morgan fingerprint density at radius 1 is 1.14 bits per heavy atom. The lowest BCUT2D eigenvalue weighted by atomic mass is 10.1. The zero-order valence-electron chi connectivity index (χ0n) is 11.8. The van der Waals surface area contributed by atoms with E-state index in [0.717, 1.165) is 23.9 Å². The number of hydrogen-bond donors (Lipinski definition) is 0. The maximum absolute atomic E-state index is 12.8. The monoisotopic (exact) mass is 277 g/mol. The Hall–Kier alpha value is -2.49. The summed E-state index contributed by atoms with van der Waals surface area (Å²) in [4.78, 5) is 21.7. The van der Waals surface area contributed by atoms with Crippen LogP contribution in [0.5, 0.6) is 0 Å². The van der Waals surface area contributed by atoms with Crippen LogP contribution in [0, 0.1) is 6.92 Å². The number of aryl methyl sites for hydroxylation is 1. The molecule has 2 aromatic heterocycles. The standard InChI is InChI=1S/C17H15N3O/c1-11-4-6-12(7-5-11)15-17(21)20(13-8-9-13)16-14(19-15)3-2-10-18-16/h2-7,10,13H,8-9H2,1H3. The molecule has 4 rings (SSSR count). The summed E-state index contributed by atoms with van der Waals surface area (Å²) < 4.78 is 1.82. The zero-order chi connectivity index (χ0) is 14.4. The van der Waals surface area contributed by atoms with Gasteiger partial charge in [-0.1, -0.05) is 29.8 Å². The van der Waals surface area contributed by atoms with E-state index < -0.39 is 0 Å². The fourth-order valence-electron chi connectivity index (χ4n) is 2.61. The highest BCUT2D eigenvalue weighted by atomic mass is 16.1. The van der Waals surface area contributed by atoms with Crippen LogP contribution in [0.2, 0.25) is 0 Å². The van der Waals surface area contributed by atoms with Gasteiger partial charge in [-0.3, -0.25) is 9.36 Å². The molecule has 0 spiro atoms. The summed E-state index contributed by atoms with van der Waals surface area (Å²) in [6, 6.07) is 12.0. The van der Waals surface area contributed by atoms with Gasteiger partial charge in [0, 0.05) is 17.8 Å². The highest BCUT2D eigenvalue weighted by Crippen LogP contribution is 2.35. The van der Waals surface area contributed by atoms with Gasteiger partial charge in [0.1, 0.15) is 11.2 Å². The van der Waals surface area contributed by atoms with Gasteiger partial charge in [-0.2, -0.15) is 0 Å². The number of pyridine rings is 1. The van der Waals surface area contributed by atoms with Gasteiger partial charge in [0.2, 0.25) is 0 Å². The van der Waals surface area contributed by atoms with Crippen LogP contribution in [0.1, 0.15) is 24.4 Å². The molecule has 0 unspecified atom stereocenters. The molecule has 104 valence electrons. The minimum atomic E-state index is -0.0347. The molecule has 0 radical (unpaired) electrons. The van der Waals surface area contributed by atoms with E-state index in [-0.39, 0.29) is 11.6 Å². The number of benzene rings is 1. The molecule has 4 heteroatoms. The van der Waals surface area contributed by atoms with Crippen molar-refractivity contribution in [2.24, 2.45) is 0 Å². The normalized spacial score (nSPS) is 14.5. The molecule has 2 heterocycles. The third-order valence-corrected chi connectivity index (χ3v) is 3.88. The van der Waals surface area contributed by atoms with Crippen LogP contribution in [0.15, 0.2) is 47.4 Å². The lowest BCUT2D eigenvalue weighted by Gasteiger charge is -2.10. The largest absolute Gasteiger partial charge is 0.286 e. The van der Waals surface area contributed by atoms with E-state index in [4.69, 9.17) is 0 Å². The van der Waals surface area contributed by atoms with Crippen molar-refractivity contribution in [3.05, 3.63) is 58.5 Å². The molecule has 1 saturated carbocycles. The van der Waals surface area contributed by atoms with Gasteiger partial charge >= 0.3 is 0 Å². The zero-order valence-corrected chi connectivity index (χ0v) is 11.8. The summed E-state index contributed by atoms with van der Waals surface area (Å²) in [7, 11) is 0. The number of rotatable bonds is 2. The summed E-state index contributed by atoms with van der Waals surface area (Å²) in [5.41, 5.74) is 3.99. The van der Waals surface area contributed by atoms with Gasteiger partial charge in [0.15, 0.2) is 5.65 Å². The maximum Gasteiger partial charge on any atom is 0.278 e. The van der Waals surface area contributed by atoms with Crippen molar-refractivity contribution in [3.63, 3.8) is 0 Å². The molecule has 0 N–H and O–H groups in total. The second-order valence-electron chi connectivity index (χ2n) is 5.58. The molecule has 3 aromatic rings.